The Kier molecular flexibility index (Phi) is 4.99. The second-order valence-corrected chi connectivity index (χ2v) is 6.97. The summed E-state index contributed by atoms with van der Waals surface area (Å²) in [6.45, 7) is 1.10. The number of nitrogens with one attached hydrogen (secondary N) is 1. The summed E-state index contributed by atoms with van der Waals surface area (Å²) in [6, 6.07) is 17.9. The average molecular weight is 390 g/mol. The lowest BCUT2D eigenvalue weighted by Gasteiger charge is -2.19. The van der Waals surface area contributed by atoms with Gasteiger partial charge in [-0.25, -0.2) is 0 Å². The number of ether oxygens (including phenoxy) is 1. The molecule has 0 saturated heterocycles. The molecular weight excluding hydrogens is 368 g/mol. The van der Waals surface area contributed by atoms with Gasteiger partial charge in [-0.3, -0.25) is 4.79 Å². The minimum Gasteiger partial charge on any atom is -0.508 e. The van der Waals surface area contributed by atoms with Gasteiger partial charge in [0.25, 0.3) is 5.91 Å². The first-order valence-electron chi connectivity index (χ1n) is 9.37. The molecule has 6 nitrogen and oxygen atoms in total. The summed E-state index contributed by atoms with van der Waals surface area (Å²) in [6.07, 6.45) is 0. The summed E-state index contributed by atoms with van der Waals surface area (Å²) in [5.41, 5.74) is 4.08. The van der Waals surface area contributed by atoms with Crippen LogP contribution >= 0.6 is 0 Å². The second-order valence-electron chi connectivity index (χ2n) is 6.97. The van der Waals surface area contributed by atoms with Crippen molar-refractivity contribution in [3.8, 4) is 17.2 Å². The van der Waals surface area contributed by atoms with Crippen LogP contribution in [0, 0.1) is 0 Å². The molecule has 0 radical (unpaired) electrons. The van der Waals surface area contributed by atoms with Crippen LogP contribution < -0.4 is 10.1 Å². The fourth-order valence-electron chi connectivity index (χ4n) is 3.61. The van der Waals surface area contributed by atoms with Gasteiger partial charge >= 0.3 is 0 Å². The molecule has 3 aromatic carbocycles. The van der Waals surface area contributed by atoms with Gasteiger partial charge in [-0.1, -0.05) is 42.5 Å². The normalized spacial score (nSPS) is 12.5. The number of hydrogen-bond donors (Lipinski definition) is 3. The molecule has 3 aromatic rings. The van der Waals surface area contributed by atoms with Crippen LogP contribution in [0.3, 0.4) is 0 Å². The van der Waals surface area contributed by atoms with Gasteiger partial charge in [0, 0.05) is 38.0 Å². The summed E-state index contributed by atoms with van der Waals surface area (Å²) in [7, 11) is 1.85. The quantitative estimate of drug-likeness (QED) is 0.616. The third-order valence-electron chi connectivity index (χ3n) is 5.06. The van der Waals surface area contributed by atoms with Gasteiger partial charge in [-0.05, 0) is 22.8 Å². The van der Waals surface area contributed by atoms with E-state index in [1.807, 2.05) is 55.6 Å². The maximum absolute atomic E-state index is 13.3. The minimum atomic E-state index is -0.344. The summed E-state index contributed by atoms with van der Waals surface area (Å²) >= 11 is 0. The van der Waals surface area contributed by atoms with Crippen molar-refractivity contribution in [2.75, 3.05) is 12.4 Å². The first-order valence-corrected chi connectivity index (χ1v) is 9.37. The number of amides is 1. The highest BCUT2D eigenvalue weighted by Crippen LogP contribution is 2.37. The number of nitrogens with zero attached hydrogens (tertiary/aromatic N) is 1. The Labute approximate surface area is 169 Å². The number of fused-ring (bicyclic) bond motifs is 1. The smallest absolute Gasteiger partial charge is 0.262 e. The van der Waals surface area contributed by atoms with Crippen molar-refractivity contribution in [1.29, 1.82) is 0 Å². The topological polar surface area (TPSA) is 82.0 Å². The van der Waals surface area contributed by atoms with Crippen molar-refractivity contribution >= 4 is 11.6 Å². The van der Waals surface area contributed by atoms with Crippen LogP contribution in [0.1, 0.15) is 27.0 Å². The fraction of sp³-hybridized carbons (Fsp3) is 0.174. The molecule has 29 heavy (non-hydrogen) atoms. The first-order chi connectivity index (χ1) is 14.1. The van der Waals surface area contributed by atoms with Crippen LogP contribution in [0.5, 0.6) is 17.2 Å². The van der Waals surface area contributed by atoms with Gasteiger partial charge in [-0.15, -0.1) is 0 Å². The van der Waals surface area contributed by atoms with E-state index in [1.54, 1.807) is 4.90 Å². The minimum absolute atomic E-state index is 0.0533. The zero-order valence-electron chi connectivity index (χ0n) is 16.1. The van der Waals surface area contributed by atoms with Crippen molar-refractivity contribution in [2.24, 2.45) is 0 Å². The number of rotatable bonds is 5. The van der Waals surface area contributed by atoms with Crippen molar-refractivity contribution in [3.63, 3.8) is 0 Å². The van der Waals surface area contributed by atoms with Crippen LogP contribution in [0.15, 0.2) is 60.7 Å². The molecule has 6 heteroatoms. The van der Waals surface area contributed by atoms with E-state index in [2.05, 4.69) is 5.32 Å². The number of carbonyl (C=O) groups excluding carboxylic acids is 1. The predicted octanol–water partition coefficient (Wildman–Crippen LogP) is 3.87. The zero-order chi connectivity index (χ0) is 20.4. The number of aromatic hydroxyl groups is 2. The molecule has 0 spiro atoms. The van der Waals surface area contributed by atoms with Crippen LogP contribution in [0.4, 0.5) is 5.69 Å². The van der Waals surface area contributed by atoms with Crippen LogP contribution in [-0.4, -0.2) is 28.1 Å². The van der Waals surface area contributed by atoms with Crippen LogP contribution in [0.25, 0.3) is 0 Å². The summed E-state index contributed by atoms with van der Waals surface area (Å²) in [5.74, 6) is -0.655. The molecule has 1 aliphatic rings. The molecule has 0 bridgehead atoms. The molecule has 0 aliphatic carbocycles. The summed E-state index contributed by atoms with van der Waals surface area (Å²) < 4.78 is 5.81. The highest BCUT2D eigenvalue weighted by molar-refractivity contribution is 6.00. The van der Waals surface area contributed by atoms with E-state index in [4.69, 9.17) is 4.74 Å². The Hall–Kier alpha value is -3.67. The predicted molar refractivity (Wildman–Crippen MR) is 110 cm³/mol. The van der Waals surface area contributed by atoms with Crippen molar-refractivity contribution < 1.29 is 19.7 Å². The number of phenols is 2. The number of carbonyl (C=O) groups is 1. The van der Waals surface area contributed by atoms with Gasteiger partial charge in [0.1, 0.15) is 29.4 Å². The maximum Gasteiger partial charge on any atom is 0.262 e. The largest absolute Gasteiger partial charge is 0.508 e. The zero-order valence-corrected chi connectivity index (χ0v) is 16.1. The van der Waals surface area contributed by atoms with E-state index in [0.717, 1.165) is 28.4 Å². The molecule has 4 rings (SSSR count). The summed E-state index contributed by atoms with van der Waals surface area (Å²) in [4.78, 5) is 14.9. The van der Waals surface area contributed by atoms with Gasteiger partial charge in [0.15, 0.2) is 0 Å². The van der Waals surface area contributed by atoms with Crippen LogP contribution in [-0.2, 0) is 19.7 Å². The van der Waals surface area contributed by atoms with Gasteiger partial charge in [-0.2, -0.15) is 0 Å². The fourth-order valence-corrected chi connectivity index (χ4v) is 3.61. The third kappa shape index (κ3) is 3.69. The Morgan fingerprint density at radius 1 is 1.07 bits per heavy atom. The molecule has 0 atom stereocenters. The van der Waals surface area contributed by atoms with E-state index in [0.29, 0.717) is 13.1 Å². The maximum atomic E-state index is 13.3. The number of benzene rings is 3. The van der Waals surface area contributed by atoms with E-state index in [9.17, 15) is 15.0 Å². The monoisotopic (exact) mass is 390 g/mol. The molecule has 3 N–H and O–H groups in total. The Bertz CT molecular complexity index is 1050. The molecule has 0 saturated carbocycles. The van der Waals surface area contributed by atoms with Crippen LogP contribution in [0.2, 0.25) is 0 Å². The highest BCUT2D eigenvalue weighted by atomic mass is 16.5. The van der Waals surface area contributed by atoms with Gasteiger partial charge < -0.3 is 25.2 Å². The molecule has 148 valence electrons. The highest BCUT2D eigenvalue weighted by Gasteiger charge is 2.30. The Morgan fingerprint density at radius 3 is 2.62 bits per heavy atom. The molecule has 1 heterocycles. The van der Waals surface area contributed by atoms with E-state index in [-0.39, 0.29) is 35.3 Å². The second kappa shape index (κ2) is 7.75. The molecule has 1 aliphatic heterocycles. The molecular formula is C23H22N2O4. The SMILES string of the molecule is CNc1cccc2c1CN(C(=O)c1c(O)cc(O)cc1OCc1ccccc1)C2. The summed E-state index contributed by atoms with van der Waals surface area (Å²) in [5, 5.41) is 23.5. The Morgan fingerprint density at radius 2 is 1.86 bits per heavy atom. The molecule has 0 fully saturated rings. The molecule has 0 unspecified atom stereocenters. The lowest BCUT2D eigenvalue weighted by Crippen LogP contribution is -2.26. The number of hydrogen-bond acceptors (Lipinski definition) is 5. The standard InChI is InChI=1S/C23H22N2O4/c1-24-19-9-5-8-16-12-25(13-18(16)19)23(28)22-20(27)10-17(26)11-21(22)29-14-15-6-3-2-4-7-15/h2-11,24,26-27H,12-14H2,1H3. The molecule has 0 aromatic heterocycles. The van der Waals surface area contributed by atoms with Crippen molar-refractivity contribution in [3.05, 3.63) is 82.9 Å². The third-order valence-corrected chi connectivity index (χ3v) is 5.06. The lowest BCUT2D eigenvalue weighted by atomic mass is 10.1. The lowest BCUT2D eigenvalue weighted by molar-refractivity contribution is 0.0743. The molecule has 1 amide bonds. The van der Waals surface area contributed by atoms with Crippen molar-refractivity contribution in [2.45, 2.75) is 19.7 Å². The van der Waals surface area contributed by atoms with E-state index in [1.165, 1.54) is 6.07 Å². The van der Waals surface area contributed by atoms with E-state index < -0.39 is 0 Å². The van der Waals surface area contributed by atoms with Gasteiger partial charge in [0.05, 0.1) is 0 Å². The Balaban J connectivity index is 1.61. The average Bonchev–Trinajstić information content (AvgIpc) is 3.16. The first kappa shape index (κ1) is 18.7. The van der Waals surface area contributed by atoms with Gasteiger partial charge in [0.2, 0.25) is 0 Å². The van der Waals surface area contributed by atoms with E-state index >= 15 is 0 Å². The number of phenolic OH excluding ortho intramolecular Hbond substituents is 2. The van der Waals surface area contributed by atoms with Crippen molar-refractivity contribution in [1.82, 2.24) is 4.90 Å². The number of anilines is 1.